The Hall–Kier alpha value is -7.71. The summed E-state index contributed by atoms with van der Waals surface area (Å²) in [7, 11) is 0. The van der Waals surface area contributed by atoms with Crippen LogP contribution in [0, 0.1) is 6.92 Å². The normalized spacial score (nSPS) is 11.8. The van der Waals surface area contributed by atoms with Gasteiger partial charge < -0.3 is 9.47 Å². The smallest absolute Gasteiger partial charge is 0.324 e. The van der Waals surface area contributed by atoms with Gasteiger partial charge in [0.1, 0.15) is 31.6 Å². The minimum atomic E-state index is -0.527. The summed E-state index contributed by atoms with van der Waals surface area (Å²) in [5.74, 6) is -0.477. The van der Waals surface area contributed by atoms with Gasteiger partial charge in [-0.15, -0.1) is 0 Å². The van der Waals surface area contributed by atoms with Crippen LogP contribution in [0.1, 0.15) is 60.4 Å². The first-order valence-electron chi connectivity index (χ1n) is 23.5. The predicted octanol–water partition coefficient (Wildman–Crippen LogP) is 12.2. The van der Waals surface area contributed by atoms with Crippen molar-refractivity contribution in [1.29, 1.82) is 0 Å². The molecule has 0 bridgehead atoms. The first-order valence-corrected chi connectivity index (χ1v) is 23.5. The topological polar surface area (TPSA) is 76.1 Å². The summed E-state index contributed by atoms with van der Waals surface area (Å²) in [6.45, 7) is 5.07. The van der Waals surface area contributed by atoms with Crippen molar-refractivity contribution in [2.24, 2.45) is 0 Å². The number of aryl methyl sites for hydroxylation is 1. The highest BCUT2D eigenvalue weighted by Crippen LogP contribution is 2.22. The Kier molecular flexibility index (Phi) is 19.0. The van der Waals surface area contributed by atoms with Gasteiger partial charge in [0.05, 0.1) is 0 Å². The van der Waals surface area contributed by atoms with Crippen LogP contribution in [0.25, 0.3) is 0 Å². The summed E-state index contributed by atoms with van der Waals surface area (Å²) in [6.07, 6.45) is 1.86. The van der Waals surface area contributed by atoms with Crippen molar-refractivity contribution in [3.63, 3.8) is 0 Å². The molecule has 0 N–H and O–H groups in total. The number of hydrogen-bond donors (Lipinski definition) is 0. The number of nitrogens with zero attached hydrogens (tertiary/aromatic N) is 2. The van der Waals surface area contributed by atoms with Crippen molar-refractivity contribution < 1.29 is 23.9 Å². The van der Waals surface area contributed by atoms with Crippen LogP contribution in [-0.4, -0.2) is 40.1 Å². The molecular weight excluding hydrogens is 853 g/mol. The fraction of sp³-hybridized carbons (Fsp3) is 0.177. The second-order valence-electron chi connectivity index (χ2n) is 17.2. The SMILES string of the molecule is Cc1cccc(CC(C(=O)OCc2ccccc2)N(Cc2ccccc2)Cc2ccccc2)c1.O=Cc1cccc(CC(C(=O)OCc2ccccc2)N(Cc2ccccc2)Cc2ccccc2)c1. The van der Waals surface area contributed by atoms with Crippen LogP contribution < -0.4 is 0 Å². The second-order valence-corrected chi connectivity index (χ2v) is 17.2. The number of aldehydes is 1. The zero-order valence-corrected chi connectivity index (χ0v) is 39.3. The number of esters is 2. The van der Waals surface area contributed by atoms with Gasteiger partial charge in [-0.25, -0.2) is 0 Å². The maximum atomic E-state index is 13.6. The maximum absolute atomic E-state index is 13.6. The van der Waals surface area contributed by atoms with E-state index in [2.05, 4.69) is 89.5 Å². The number of carbonyl (C=O) groups is 3. The monoisotopic (exact) mass is 912 g/mol. The molecule has 2 unspecified atom stereocenters. The Morgan fingerprint density at radius 2 is 0.696 bits per heavy atom. The van der Waals surface area contributed by atoms with E-state index in [1.165, 1.54) is 16.7 Å². The Morgan fingerprint density at radius 1 is 0.391 bits per heavy atom. The molecule has 0 aliphatic heterocycles. The van der Waals surface area contributed by atoms with Gasteiger partial charge in [0, 0.05) is 31.7 Å². The summed E-state index contributed by atoms with van der Waals surface area (Å²) in [5, 5.41) is 0. The first kappa shape index (κ1) is 49.2. The van der Waals surface area contributed by atoms with E-state index in [9.17, 15) is 14.4 Å². The molecule has 0 radical (unpaired) electrons. The molecule has 0 aliphatic rings. The molecule has 8 aromatic carbocycles. The fourth-order valence-electron chi connectivity index (χ4n) is 8.28. The van der Waals surface area contributed by atoms with Gasteiger partial charge in [-0.1, -0.05) is 230 Å². The lowest BCUT2D eigenvalue weighted by Crippen LogP contribution is -2.43. The summed E-state index contributed by atoms with van der Waals surface area (Å²) in [6, 6.07) is 75.3. The van der Waals surface area contributed by atoms with Crippen molar-refractivity contribution in [2.75, 3.05) is 0 Å². The largest absolute Gasteiger partial charge is 0.460 e. The van der Waals surface area contributed by atoms with Gasteiger partial charge in [0.2, 0.25) is 0 Å². The molecule has 2 atom stereocenters. The van der Waals surface area contributed by atoms with Gasteiger partial charge >= 0.3 is 11.9 Å². The summed E-state index contributed by atoms with van der Waals surface area (Å²) in [4.78, 5) is 42.9. The average Bonchev–Trinajstić information content (AvgIpc) is 3.40. The van der Waals surface area contributed by atoms with Crippen LogP contribution in [0.4, 0.5) is 0 Å². The molecule has 0 amide bonds. The van der Waals surface area contributed by atoms with Crippen LogP contribution in [0.2, 0.25) is 0 Å². The minimum absolute atomic E-state index is 0.197. The molecule has 69 heavy (non-hydrogen) atoms. The van der Waals surface area contributed by atoms with E-state index < -0.39 is 12.1 Å². The highest BCUT2D eigenvalue weighted by molar-refractivity contribution is 5.78. The molecule has 8 rings (SSSR count). The molecule has 0 aliphatic carbocycles. The van der Waals surface area contributed by atoms with E-state index in [0.717, 1.165) is 39.7 Å². The molecule has 0 spiro atoms. The average molecular weight is 913 g/mol. The molecule has 348 valence electrons. The van der Waals surface area contributed by atoms with Gasteiger partial charge in [-0.05, 0) is 70.3 Å². The molecule has 7 nitrogen and oxygen atoms in total. The molecule has 7 heteroatoms. The molecule has 0 fully saturated rings. The highest BCUT2D eigenvalue weighted by atomic mass is 16.5. The van der Waals surface area contributed by atoms with Crippen LogP contribution in [0.5, 0.6) is 0 Å². The van der Waals surface area contributed by atoms with E-state index >= 15 is 0 Å². The van der Waals surface area contributed by atoms with Gasteiger partial charge in [-0.3, -0.25) is 24.2 Å². The Morgan fingerprint density at radius 3 is 1.03 bits per heavy atom. The van der Waals surface area contributed by atoms with Crippen LogP contribution in [0.15, 0.2) is 231 Å². The predicted molar refractivity (Wildman–Crippen MR) is 275 cm³/mol. The lowest BCUT2D eigenvalue weighted by Gasteiger charge is -2.31. The van der Waals surface area contributed by atoms with E-state index in [1.807, 2.05) is 152 Å². The van der Waals surface area contributed by atoms with E-state index in [0.29, 0.717) is 44.6 Å². The van der Waals surface area contributed by atoms with Crippen LogP contribution in [0.3, 0.4) is 0 Å². The highest BCUT2D eigenvalue weighted by Gasteiger charge is 2.30. The zero-order valence-electron chi connectivity index (χ0n) is 39.3. The lowest BCUT2D eigenvalue weighted by atomic mass is 10.0. The standard InChI is InChI=1S/C31H29NO3.C31H31NO2/c33-23-29-18-10-17-28(19-29)20-30(31(34)35-24-27-15-8-3-9-16-27)32(21-25-11-4-1-5-12-25)22-26-13-6-2-7-14-26;1-25-12-11-19-29(20-25)21-30(31(33)34-24-28-17-9-4-10-18-28)32(22-26-13-5-2-6-14-26)23-27-15-7-3-8-16-27/h1-19,23,30H,20-22,24H2;2-20,30H,21-24H2,1H3. The van der Waals surface area contributed by atoms with Gasteiger partial charge in [0.15, 0.2) is 0 Å². The summed E-state index contributed by atoms with van der Waals surface area (Å²) >= 11 is 0. The molecule has 0 saturated heterocycles. The third-order valence-electron chi connectivity index (χ3n) is 11.8. The van der Waals surface area contributed by atoms with Crippen molar-refractivity contribution in [2.45, 2.75) is 71.2 Å². The number of carbonyl (C=O) groups excluding carboxylic acids is 3. The van der Waals surface area contributed by atoms with E-state index in [1.54, 1.807) is 6.07 Å². The van der Waals surface area contributed by atoms with Gasteiger partial charge in [-0.2, -0.15) is 0 Å². The molecular formula is C62H60N2O5. The Balaban J connectivity index is 0.000000204. The van der Waals surface area contributed by atoms with Gasteiger partial charge in [0.25, 0.3) is 0 Å². The lowest BCUT2D eigenvalue weighted by molar-refractivity contribution is -0.153. The zero-order chi connectivity index (χ0) is 47.9. The molecule has 0 aromatic heterocycles. The van der Waals surface area contributed by atoms with E-state index in [4.69, 9.17) is 9.47 Å². The van der Waals surface area contributed by atoms with Crippen LogP contribution >= 0.6 is 0 Å². The minimum Gasteiger partial charge on any atom is -0.460 e. The number of ether oxygens (including phenoxy) is 2. The number of hydrogen-bond acceptors (Lipinski definition) is 7. The molecule has 0 saturated carbocycles. The summed E-state index contributed by atoms with van der Waals surface area (Å²) in [5.41, 5.74) is 10.3. The summed E-state index contributed by atoms with van der Waals surface area (Å²) < 4.78 is 11.7. The number of benzene rings is 8. The third-order valence-corrected chi connectivity index (χ3v) is 11.8. The first-order chi connectivity index (χ1) is 33.9. The maximum Gasteiger partial charge on any atom is 0.324 e. The molecule has 0 heterocycles. The van der Waals surface area contributed by atoms with Crippen molar-refractivity contribution in [3.05, 3.63) is 286 Å². The van der Waals surface area contributed by atoms with Crippen molar-refractivity contribution >= 4 is 18.2 Å². The molecule has 8 aromatic rings. The third kappa shape index (κ3) is 16.2. The van der Waals surface area contributed by atoms with Crippen molar-refractivity contribution in [3.8, 4) is 0 Å². The fourth-order valence-corrected chi connectivity index (χ4v) is 8.28. The van der Waals surface area contributed by atoms with Crippen molar-refractivity contribution in [1.82, 2.24) is 9.80 Å². The van der Waals surface area contributed by atoms with E-state index in [-0.39, 0.29) is 25.2 Å². The quantitative estimate of drug-likeness (QED) is 0.0525. The number of rotatable bonds is 21. The second kappa shape index (κ2) is 26.6. The Labute approximate surface area is 407 Å². The Bertz CT molecular complexity index is 2670. The van der Waals surface area contributed by atoms with Crippen LogP contribution in [-0.2, 0) is 71.3 Å².